The molecule has 0 aliphatic carbocycles. The number of hydrogen-bond donors (Lipinski definition) is 2. The van der Waals surface area contributed by atoms with Crippen molar-refractivity contribution in [1.82, 2.24) is 0 Å². The minimum atomic E-state index is -1.71. The zero-order chi connectivity index (χ0) is 8.36. The topological polar surface area (TPSA) is 74.6 Å². The van der Waals surface area contributed by atoms with E-state index in [4.69, 9.17) is 10.2 Å². The second kappa shape index (κ2) is 2.97. The Morgan fingerprint density at radius 3 is 1.70 bits per heavy atom. The fraction of sp³-hybridized carbons (Fsp3) is 0.600. The molecule has 0 aromatic heterocycles. The van der Waals surface area contributed by atoms with E-state index in [1.165, 1.54) is 6.92 Å². The van der Waals surface area contributed by atoms with Gasteiger partial charge in [0.15, 0.2) is 5.16 Å². The van der Waals surface area contributed by atoms with Gasteiger partial charge in [-0.3, -0.25) is 9.59 Å². The number of hydrogen-bond acceptors (Lipinski definition) is 2. The molecule has 0 saturated carbocycles. The average Bonchev–Trinajstić information content (AvgIpc) is 1.85. The van der Waals surface area contributed by atoms with Gasteiger partial charge in [-0.1, -0.05) is 6.92 Å². The minimum absolute atomic E-state index is 0.0579. The van der Waals surface area contributed by atoms with Crippen LogP contribution in [0.15, 0.2) is 0 Å². The van der Waals surface area contributed by atoms with Gasteiger partial charge in [0.1, 0.15) is 0 Å². The van der Waals surface area contributed by atoms with Crippen LogP contribution < -0.4 is 0 Å². The summed E-state index contributed by atoms with van der Waals surface area (Å²) >= 11 is 0. The first-order chi connectivity index (χ1) is 4.45. The van der Waals surface area contributed by atoms with Crippen molar-refractivity contribution in [2.24, 2.45) is 0 Å². The van der Waals surface area contributed by atoms with E-state index in [1.54, 1.807) is 0 Å². The minimum Gasteiger partial charge on any atom is -0.480 e. The quantitative estimate of drug-likeness (QED) is 0.460. The summed E-state index contributed by atoms with van der Waals surface area (Å²) in [4.78, 5) is 20.6. The van der Waals surface area contributed by atoms with Gasteiger partial charge in [0.25, 0.3) is 0 Å². The Labute approximate surface area is 60.4 Å². The van der Waals surface area contributed by atoms with Crippen LogP contribution in [0.25, 0.3) is 0 Å². The van der Waals surface area contributed by atoms with E-state index in [-0.39, 0.29) is 6.42 Å². The lowest BCUT2D eigenvalue weighted by Gasteiger charge is -2.15. The average molecular weight is 164 g/mol. The van der Waals surface area contributed by atoms with Gasteiger partial charge >= 0.3 is 11.9 Å². The standard InChI is InChI=1S/C5H9O4P/c1-2-5(10,3(6)7)4(8)9/h2,10H2,1H3,(H,6,7)(H,8,9). The van der Waals surface area contributed by atoms with Crippen molar-refractivity contribution < 1.29 is 19.8 Å². The molecule has 5 heteroatoms. The van der Waals surface area contributed by atoms with E-state index in [1.807, 2.05) is 9.24 Å². The third-order valence-corrected chi connectivity index (χ3v) is 2.22. The van der Waals surface area contributed by atoms with E-state index in [0.717, 1.165) is 0 Å². The molecule has 0 fully saturated rings. The second-order valence-electron chi connectivity index (χ2n) is 1.94. The van der Waals surface area contributed by atoms with Crippen LogP contribution in [0.5, 0.6) is 0 Å². The van der Waals surface area contributed by atoms with Crippen molar-refractivity contribution in [3.8, 4) is 0 Å². The van der Waals surface area contributed by atoms with Crippen LogP contribution in [0.1, 0.15) is 13.3 Å². The van der Waals surface area contributed by atoms with Crippen molar-refractivity contribution in [2.75, 3.05) is 0 Å². The highest BCUT2D eigenvalue weighted by molar-refractivity contribution is 7.23. The van der Waals surface area contributed by atoms with Gasteiger partial charge < -0.3 is 10.2 Å². The van der Waals surface area contributed by atoms with Crippen molar-refractivity contribution in [1.29, 1.82) is 0 Å². The molecule has 2 N–H and O–H groups in total. The number of carbonyl (C=O) groups is 2. The maximum atomic E-state index is 10.3. The molecule has 0 radical (unpaired) electrons. The molecule has 0 saturated heterocycles. The Hall–Kier alpha value is -0.630. The smallest absolute Gasteiger partial charge is 0.324 e. The molecule has 0 aliphatic heterocycles. The van der Waals surface area contributed by atoms with E-state index in [2.05, 4.69) is 0 Å². The summed E-state index contributed by atoms with van der Waals surface area (Å²) < 4.78 is 0. The largest absolute Gasteiger partial charge is 0.480 e. The highest BCUT2D eigenvalue weighted by Crippen LogP contribution is 2.22. The molecular formula is C5H9O4P. The van der Waals surface area contributed by atoms with E-state index in [9.17, 15) is 9.59 Å². The predicted octanol–water partition coefficient (Wildman–Crippen LogP) is 0.179. The lowest BCUT2D eigenvalue weighted by Crippen LogP contribution is -2.39. The summed E-state index contributed by atoms with van der Waals surface area (Å²) in [6.45, 7) is 1.51. The molecule has 0 heterocycles. The summed E-state index contributed by atoms with van der Waals surface area (Å²) in [5.74, 6) is -2.65. The van der Waals surface area contributed by atoms with Gasteiger partial charge in [0, 0.05) is 0 Å². The van der Waals surface area contributed by atoms with Crippen LogP contribution in [-0.2, 0) is 9.59 Å². The summed E-state index contributed by atoms with van der Waals surface area (Å²) in [5.41, 5.74) is 0. The maximum Gasteiger partial charge on any atom is 0.324 e. The summed E-state index contributed by atoms with van der Waals surface area (Å²) in [6.07, 6.45) is 0.0579. The van der Waals surface area contributed by atoms with E-state index in [0.29, 0.717) is 0 Å². The van der Waals surface area contributed by atoms with Crippen molar-refractivity contribution in [3.05, 3.63) is 0 Å². The molecule has 0 amide bonds. The summed E-state index contributed by atoms with van der Waals surface area (Å²) in [6, 6.07) is 0. The molecule has 58 valence electrons. The fourth-order valence-electron chi connectivity index (χ4n) is 0.394. The highest BCUT2D eigenvalue weighted by atomic mass is 31.0. The monoisotopic (exact) mass is 164 g/mol. The van der Waals surface area contributed by atoms with Gasteiger partial charge in [0.2, 0.25) is 0 Å². The number of carboxylic acid groups (broad SMARTS) is 2. The molecule has 0 bridgehead atoms. The molecule has 10 heavy (non-hydrogen) atoms. The van der Waals surface area contributed by atoms with Crippen LogP contribution in [-0.4, -0.2) is 27.3 Å². The molecule has 1 unspecified atom stereocenters. The third kappa shape index (κ3) is 1.45. The van der Waals surface area contributed by atoms with E-state index < -0.39 is 17.1 Å². The first-order valence-corrected chi connectivity index (χ1v) is 3.28. The Bertz CT molecular complexity index is 151. The molecule has 1 atom stereocenters. The first-order valence-electron chi connectivity index (χ1n) is 2.70. The molecule has 4 nitrogen and oxygen atoms in total. The SMILES string of the molecule is CCC(P)(C(=O)O)C(=O)O. The Morgan fingerprint density at radius 2 is 1.70 bits per heavy atom. The van der Waals surface area contributed by atoms with Crippen LogP contribution >= 0.6 is 9.24 Å². The number of carboxylic acids is 2. The Kier molecular flexibility index (Phi) is 2.78. The molecule has 0 aromatic carbocycles. The predicted molar refractivity (Wildman–Crippen MR) is 38.0 cm³/mol. The van der Waals surface area contributed by atoms with Gasteiger partial charge in [0.05, 0.1) is 0 Å². The molecular weight excluding hydrogens is 155 g/mol. The highest BCUT2D eigenvalue weighted by Gasteiger charge is 2.39. The molecule has 0 rings (SSSR count). The van der Waals surface area contributed by atoms with Crippen molar-refractivity contribution in [3.63, 3.8) is 0 Å². The summed E-state index contributed by atoms with van der Waals surface area (Å²) in [7, 11) is 1.82. The lowest BCUT2D eigenvalue weighted by atomic mass is 10.1. The van der Waals surface area contributed by atoms with Gasteiger partial charge in [-0.25, -0.2) is 0 Å². The number of rotatable bonds is 3. The number of aliphatic carboxylic acids is 2. The van der Waals surface area contributed by atoms with E-state index >= 15 is 0 Å². The normalized spacial score (nSPS) is 11.0. The Balaban J connectivity index is 4.55. The molecule has 0 spiro atoms. The van der Waals surface area contributed by atoms with Crippen LogP contribution in [0, 0.1) is 0 Å². The van der Waals surface area contributed by atoms with Crippen LogP contribution in [0.4, 0.5) is 0 Å². The Morgan fingerprint density at radius 1 is 1.40 bits per heavy atom. The zero-order valence-electron chi connectivity index (χ0n) is 5.50. The van der Waals surface area contributed by atoms with Crippen LogP contribution in [0.2, 0.25) is 0 Å². The molecule has 0 aromatic rings. The lowest BCUT2D eigenvalue weighted by molar-refractivity contribution is -0.151. The van der Waals surface area contributed by atoms with Crippen LogP contribution in [0.3, 0.4) is 0 Å². The van der Waals surface area contributed by atoms with Gasteiger partial charge in [-0.05, 0) is 6.42 Å². The first kappa shape index (κ1) is 9.37. The second-order valence-corrected chi connectivity index (χ2v) is 2.92. The zero-order valence-corrected chi connectivity index (χ0v) is 6.65. The van der Waals surface area contributed by atoms with Gasteiger partial charge in [-0.2, -0.15) is 0 Å². The van der Waals surface area contributed by atoms with Gasteiger partial charge in [-0.15, -0.1) is 9.24 Å². The fourth-order valence-corrected chi connectivity index (χ4v) is 0.394. The maximum absolute atomic E-state index is 10.3. The molecule has 0 aliphatic rings. The summed E-state index contributed by atoms with van der Waals surface area (Å²) in [5, 5.41) is 15.1. The van der Waals surface area contributed by atoms with Crippen molar-refractivity contribution in [2.45, 2.75) is 18.5 Å². The third-order valence-electron chi connectivity index (χ3n) is 1.32. The van der Waals surface area contributed by atoms with Crippen molar-refractivity contribution >= 4 is 21.2 Å².